The zero-order valence-corrected chi connectivity index (χ0v) is 13.5. The molecule has 0 aliphatic carbocycles. The van der Waals surface area contributed by atoms with E-state index >= 15 is 0 Å². The summed E-state index contributed by atoms with van der Waals surface area (Å²) in [7, 11) is 1.67. The Balaban J connectivity index is 1.69. The van der Waals surface area contributed by atoms with Crippen LogP contribution in [-0.2, 0) is 11.2 Å². The first-order valence-electron chi connectivity index (χ1n) is 7.96. The Morgan fingerprint density at radius 3 is 2.86 bits per heavy atom. The van der Waals surface area contributed by atoms with Crippen molar-refractivity contribution in [2.24, 2.45) is 0 Å². The number of hydrogen-bond donors (Lipinski definition) is 1. The summed E-state index contributed by atoms with van der Waals surface area (Å²) >= 11 is 0. The number of amides is 2. The maximum atomic E-state index is 12.2. The molecule has 22 heavy (non-hydrogen) atoms. The third-order valence-corrected chi connectivity index (χ3v) is 4.03. The Labute approximate surface area is 132 Å². The number of benzene rings is 1. The van der Waals surface area contributed by atoms with Gasteiger partial charge >= 0.3 is 6.03 Å². The zero-order valence-electron chi connectivity index (χ0n) is 13.5. The summed E-state index contributed by atoms with van der Waals surface area (Å²) in [5.41, 5.74) is 1.26. The predicted molar refractivity (Wildman–Crippen MR) is 86.3 cm³/mol. The molecule has 1 N–H and O–H groups in total. The number of ether oxygens (including phenoxy) is 2. The number of urea groups is 1. The molecule has 1 aromatic rings. The molecule has 5 heteroatoms. The second-order valence-electron chi connectivity index (χ2n) is 5.63. The van der Waals surface area contributed by atoms with Crippen LogP contribution in [0.2, 0.25) is 0 Å². The summed E-state index contributed by atoms with van der Waals surface area (Å²) in [4.78, 5) is 14.1. The number of nitrogens with one attached hydrogen (secondary N) is 1. The van der Waals surface area contributed by atoms with E-state index in [0.717, 1.165) is 31.6 Å². The van der Waals surface area contributed by atoms with E-state index in [4.69, 9.17) is 9.47 Å². The lowest BCUT2D eigenvalue weighted by Crippen LogP contribution is -2.45. The van der Waals surface area contributed by atoms with Crippen molar-refractivity contribution in [3.05, 3.63) is 29.8 Å². The van der Waals surface area contributed by atoms with Crippen molar-refractivity contribution in [2.75, 3.05) is 33.4 Å². The highest BCUT2D eigenvalue weighted by Crippen LogP contribution is 2.12. The number of aryl methyl sites for hydroxylation is 1. The van der Waals surface area contributed by atoms with Gasteiger partial charge in [0.05, 0.1) is 13.7 Å². The second kappa shape index (κ2) is 8.63. The van der Waals surface area contributed by atoms with Gasteiger partial charge in [0.25, 0.3) is 0 Å². The lowest BCUT2D eigenvalue weighted by molar-refractivity contribution is 0.142. The number of rotatable bonds is 5. The molecule has 1 aliphatic rings. The first-order valence-corrected chi connectivity index (χ1v) is 7.96. The molecule has 0 unspecified atom stereocenters. The van der Waals surface area contributed by atoms with Gasteiger partial charge in [0, 0.05) is 25.7 Å². The highest BCUT2D eigenvalue weighted by molar-refractivity contribution is 5.74. The molecule has 1 aromatic carbocycles. The molecule has 1 heterocycles. The van der Waals surface area contributed by atoms with Crippen LogP contribution in [0.15, 0.2) is 24.3 Å². The van der Waals surface area contributed by atoms with Gasteiger partial charge in [-0.15, -0.1) is 0 Å². The molecular weight excluding hydrogens is 280 g/mol. The van der Waals surface area contributed by atoms with Gasteiger partial charge in [0.2, 0.25) is 0 Å². The molecule has 0 spiro atoms. The van der Waals surface area contributed by atoms with Gasteiger partial charge in [-0.25, -0.2) is 4.79 Å². The van der Waals surface area contributed by atoms with Gasteiger partial charge in [-0.05, 0) is 43.9 Å². The molecule has 2 amide bonds. The first-order chi connectivity index (χ1) is 10.7. The lowest BCUT2D eigenvalue weighted by atomic mass is 10.1. The Kier molecular flexibility index (Phi) is 6.52. The molecule has 122 valence electrons. The third-order valence-electron chi connectivity index (χ3n) is 4.03. The molecule has 1 atom stereocenters. The van der Waals surface area contributed by atoms with Gasteiger partial charge < -0.3 is 19.7 Å². The van der Waals surface area contributed by atoms with E-state index in [2.05, 4.69) is 24.4 Å². The smallest absolute Gasteiger partial charge is 0.317 e. The molecule has 0 aromatic heterocycles. The summed E-state index contributed by atoms with van der Waals surface area (Å²) < 4.78 is 10.6. The fourth-order valence-corrected chi connectivity index (χ4v) is 2.58. The number of methoxy groups -OCH3 is 1. The molecule has 0 radical (unpaired) electrons. The molecule has 1 aliphatic heterocycles. The Morgan fingerprint density at radius 2 is 2.14 bits per heavy atom. The topological polar surface area (TPSA) is 50.8 Å². The van der Waals surface area contributed by atoms with E-state index in [1.807, 2.05) is 17.0 Å². The zero-order chi connectivity index (χ0) is 15.8. The summed E-state index contributed by atoms with van der Waals surface area (Å²) in [5.74, 6) is 0.870. The summed E-state index contributed by atoms with van der Waals surface area (Å²) in [6, 6.07) is 8.32. The average Bonchev–Trinajstić information content (AvgIpc) is 2.76. The number of nitrogens with zero attached hydrogens (tertiary/aromatic N) is 1. The standard InChI is InChI=1S/C17H26N2O3/c1-14-9-12-22-13-11-19(14)17(20)18-10-3-4-15-5-7-16(21-2)8-6-15/h5-8,14H,3-4,9-13H2,1-2H3,(H,18,20)/t14-/m1/s1. The molecule has 1 saturated heterocycles. The van der Waals surface area contributed by atoms with Crippen molar-refractivity contribution < 1.29 is 14.3 Å². The maximum Gasteiger partial charge on any atom is 0.317 e. The first kappa shape index (κ1) is 16.6. The van der Waals surface area contributed by atoms with Crippen LogP contribution in [0.3, 0.4) is 0 Å². The van der Waals surface area contributed by atoms with Crippen LogP contribution in [0.1, 0.15) is 25.3 Å². The molecular formula is C17H26N2O3. The number of carbonyl (C=O) groups is 1. The van der Waals surface area contributed by atoms with Crippen molar-refractivity contribution in [1.29, 1.82) is 0 Å². The predicted octanol–water partition coefficient (Wildman–Crippen LogP) is 2.45. The maximum absolute atomic E-state index is 12.2. The fraction of sp³-hybridized carbons (Fsp3) is 0.588. The molecule has 0 bridgehead atoms. The lowest BCUT2D eigenvalue weighted by Gasteiger charge is -2.26. The highest BCUT2D eigenvalue weighted by Gasteiger charge is 2.21. The minimum absolute atomic E-state index is 0.0210. The van der Waals surface area contributed by atoms with E-state index in [0.29, 0.717) is 19.7 Å². The Morgan fingerprint density at radius 1 is 1.36 bits per heavy atom. The summed E-state index contributed by atoms with van der Waals surface area (Å²) in [5, 5.41) is 3.01. The van der Waals surface area contributed by atoms with Crippen molar-refractivity contribution in [3.63, 3.8) is 0 Å². The van der Waals surface area contributed by atoms with Gasteiger partial charge in [0.1, 0.15) is 5.75 Å². The van der Waals surface area contributed by atoms with Crippen LogP contribution in [0.5, 0.6) is 5.75 Å². The van der Waals surface area contributed by atoms with Crippen LogP contribution >= 0.6 is 0 Å². The van der Waals surface area contributed by atoms with Crippen LogP contribution in [0, 0.1) is 0 Å². The van der Waals surface area contributed by atoms with Crippen molar-refractivity contribution in [2.45, 2.75) is 32.2 Å². The van der Waals surface area contributed by atoms with Crippen molar-refractivity contribution in [1.82, 2.24) is 10.2 Å². The minimum Gasteiger partial charge on any atom is -0.497 e. The monoisotopic (exact) mass is 306 g/mol. The van der Waals surface area contributed by atoms with Crippen LogP contribution in [-0.4, -0.2) is 50.4 Å². The molecule has 5 nitrogen and oxygen atoms in total. The van der Waals surface area contributed by atoms with Gasteiger partial charge in [0.15, 0.2) is 0 Å². The molecule has 1 fully saturated rings. The average molecular weight is 306 g/mol. The minimum atomic E-state index is 0.0210. The Bertz CT molecular complexity index is 461. The normalized spacial score (nSPS) is 18.6. The highest BCUT2D eigenvalue weighted by atomic mass is 16.5. The van der Waals surface area contributed by atoms with E-state index in [9.17, 15) is 4.79 Å². The van der Waals surface area contributed by atoms with E-state index in [1.54, 1.807) is 7.11 Å². The van der Waals surface area contributed by atoms with E-state index in [-0.39, 0.29) is 12.1 Å². The SMILES string of the molecule is COc1ccc(CCCNC(=O)N2CCOCC[C@H]2C)cc1. The van der Waals surface area contributed by atoms with E-state index < -0.39 is 0 Å². The van der Waals surface area contributed by atoms with Crippen LogP contribution in [0.4, 0.5) is 4.79 Å². The number of hydrogen-bond acceptors (Lipinski definition) is 3. The molecule has 2 rings (SSSR count). The van der Waals surface area contributed by atoms with Gasteiger partial charge in [-0.1, -0.05) is 12.1 Å². The summed E-state index contributed by atoms with van der Waals surface area (Å²) in [6.07, 6.45) is 2.78. The van der Waals surface area contributed by atoms with Crippen molar-refractivity contribution in [3.8, 4) is 5.75 Å². The van der Waals surface area contributed by atoms with Gasteiger partial charge in [-0.3, -0.25) is 0 Å². The third kappa shape index (κ3) is 4.91. The fourth-order valence-electron chi connectivity index (χ4n) is 2.58. The van der Waals surface area contributed by atoms with Gasteiger partial charge in [-0.2, -0.15) is 0 Å². The summed E-state index contributed by atoms with van der Waals surface area (Å²) in [6.45, 7) is 4.80. The molecule has 0 saturated carbocycles. The van der Waals surface area contributed by atoms with E-state index in [1.165, 1.54) is 5.56 Å². The van der Waals surface area contributed by atoms with Crippen LogP contribution < -0.4 is 10.1 Å². The second-order valence-corrected chi connectivity index (χ2v) is 5.63. The Hall–Kier alpha value is -1.75. The largest absolute Gasteiger partial charge is 0.497 e. The quantitative estimate of drug-likeness (QED) is 0.850. The van der Waals surface area contributed by atoms with Crippen molar-refractivity contribution >= 4 is 6.03 Å². The number of carbonyl (C=O) groups excluding carboxylic acids is 1. The van der Waals surface area contributed by atoms with Crippen LogP contribution in [0.25, 0.3) is 0 Å².